The van der Waals surface area contributed by atoms with Crippen molar-refractivity contribution in [1.29, 1.82) is 0 Å². The minimum Gasteiger partial charge on any atom is -0.492 e. The Morgan fingerprint density at radius 2 is 1.50 bits per heavy atom. The van der Waals surface area contributed by atoms with Crippen LogP contribution in [0, 0.1) is 0 Å². The second kappa shape index (κ2) is 13.6. The fraction of sp³-hybridized carbons (Fsp3) is 0.424. The number of hydrogen-bond donors (Lipinski definition) is 0. The van der Waals surface area contributed by atoms with Gasteiger partial charge in [-0.05, 0) is 72.2 Å². The van der Waals surface area contributed by atoms with Gasteiger partial charge in [0.1, 0.15) is 18.1 Å². The summed E-state index contributed by atoms with van der Waals surface area (Å²) in [6, 6.07) is 25.4. The predicted molar refractivity (Wildman–Crippen MR) is 154 cm³/mol. The van der Waals surface area contributed by atoms with Gasteiger partial charge in [-0.1, -0.05) is 48.5 Å². The fourth-order valence-corrected chi connectivity index (χ4v) is 5.34. The molecule has 0 spiro atoms. The van der Waals surface area contributed by atoms with Gasteiger partial charge in [0.05, 0.1) is 13.2 Å². The van der Waals surface area contributed by atoms with Gasteiger partial charge in [0.2, 0.25) is 0 Å². The highest BCUT2D eigenvalue weighted by Crippen LogP contribution is 2.24. The van der Waals surface area contributed by atoms with Gasteiger partial charge in [0, 0.05) is 51.3 Å². The molecule has 0 radical (unpaired) electrons. The molecule has 0 bridgehead atoms. The normalized spacial score (nSPS) is 16.4. The van der Waals surface area contributed by atoms with Crippen LogP contribution in [0.25, 0.3) is 11.1 Å². The fourth-order valence-electron chi connectivity index (χ4n) is 5.34. The number of hydrogen-bond acceptors (Lipinski definition) is 5. The summed E-state index contributed by atoms with van der Waals surface area (Å²) in [6.07, 6.45) is 5.76. The highest BCUT2D eigenvalue weighted by molar-refractivity contribution is 5.81. The van der Waals surface area contributed by atoms with E-state index in [1.54, 1.807) is 0 Å². The molecule has 2 aliphatic rings. The van der Waals surface area contributed by atoms with E-state index in [0.29, 0.717) is 25.2 Å². The second-order valence-corrected chi connectivity index (χ2v) is 10.5. The van der Waals surface area contributed by atoms with E-state index >= 15 is 0 Å². The summed E-state index contributed by atoms with van der Waals surface area (Å²) in [5, 5.41) is 0. The Morgan fingerprint density at radius 1 is 0.789 bits per heavy atom. The maximum Gasteiger partial charge on any atom is 0.137 e. The van der Waals surface area contributed by atoms with Crippen molar-refractivity contribution in [2.24, 2.45) is 0 Å². The number of morpholine rings is 1. The van der Waals surface area contributed by atoms with Gasteiger partial charge in [-0.2, -0.15) is 0 Å². The summed E-state index contributed by atoms with van der Waals surface area (Å²) < 4.78 is 11.3. The van der Waals surface area contributed by atoms with Crippen LogP contribution in [0.5, 0.6) is 5.75 Å². The lowest BCUT2D eigenvalue weighted by atomic mass is 9.99. The van der Waals surface area contributed by atoms with Crippen molar-refractivity contribution >= 4 is 11.5 Å². The third-order valence-corrected chi connectivity index (χ3v) is 7.65. The highest BCUT2D eigenvalue weighted by Gasteiger charge is 2.12. The summed E-state index contributed by atoms with van der Waals surface area (Å²) in [5.74, 6) is 1.19. The zero-order chi connectivity index (χ0) is 26.0. The number of nitrogens with zero attached hydrogens (tertiary/aromatic N) is 2. The molecule has 0 aliphatic carbocycles. The summed E-state index contributed by atoms with van der Waals surface area (Å²) in [6.45, 7) is 7.50. The lowest BCUT2D eigenvalue weighted by molar-refractivity contribution is -0.118. The molecule has 0 saturated carbocycles. The molecule has 200 valence electrons. The molecule has 0 N–H and O–H groups in total. The Kier molecular flexibility index (Phi) is 9.46. The number of aryl methyl sites for hydroxylation is 1. The Hall–Kier alpha value is -3.15. The number of ether oxygens (including phenoxy) is 2. The topological polar surface area (TPSA) is 42.0 Å². The van der Waals surface area contributed by atoms with Crippen LogP contribution in [0.1, 0.15) is 36.8 Å². The monoisotopic (exact) mass is 512 g/mol. The van der Waals surface area contributed by atoms with Gasteiger partial charge >= 0.3 is 0 Å². The van der Waals surface area contributed by atoms with Crippen LogP contribution in [0.15, 0.2) is 72.8 Å². The number of Topliss-reactive ketones (excluding diaryl/α,β-unsaturated/α-hetero) is 1. The van der Waals surface area contributed by atoms with E-state index in [-0.39, 0.29) is 0 Å². The maximum atomic E-state index is 12.7. The van der Waals surface area contributed by atoms with Gasteiger partial charge in [-0.3, -0.25) is 9.69 Å². The molecular weight excluding hydrogens is 472 g/mol. The smallest absolute Gasteiger partial charge is 0.137 e. The van der Waals surface area contributed by atoms with E-state index in [0.717, 1.165) is 74.8 Å². The quantitative estimate of drug-likeness (QED) is 0.325. The van der Waals surface area contributed by atoms with Gasteiger partial charge in [0.15, 0.2) is 0 Å². The molecule has 5 rings (SSSR count). The van der Waals surface area contributed by atoms with E-state index < -0.39 is 0 Å². The standard InChI is InChI=1S/C33H40N2O3/c36-32(14-9-27-5-4-6-31(25-27)35-17-2-1-3-18-35)26-28-7-10-29(11-8-28)30-12-15-33(16-13-30)38-24-21-34-19-22-37-23-20-34/h4-8,10-13,15-16,25H,1-3,9,14,17-24,26H2. The molecule has 3 aromatic carbocycles. The Labute approximate surface area is 227 Å². The van der Waals surface area contributed by atoms with Gasteiger partial charge < -0.3 is 14.4 Å². The third kappa shape index (κ3) is 7.68. The number of ketones is 1. The molecule has 5 heteroatoms. The highest BCUT2D eigenvalue weighted by atomic mass is 16.5. The first-order chi connectivity index (χ1) is 18.7. The first kappa shape index (κ1) is 26.5. The minimum atomic E-state index is 0.291. The number of anilines is 1. The van der Waals surface area contributed by atoms with Crippen LogP contribution < -0.4 is 9.64 Å². The SMILES string of the molecule is O=C(CCc1cccc(N2CCCCC2)c1)Cc1ccc(-c2ccc(OCCN3CCOCC3)cc2)cc1. The lowest BCUT2D eigenvalue weighted by Crippen LogP contribution is -2.38. The van der Waals surface area contributed by atoms with Crippen LogP contribution in [0.3, 0.4) is 0 Å². The summed E-state index contributed by atoms with van der Waals surface area (Å²) in [4.78, 5) is 17.6. The van der Waals surface area contributed by atoms with Crippen LogP contribution in [-0.4, -0.2) is 63.2 Å². The number of piperidine rings is 1. The molecule has 3 aromatic rings. The van der Waals surface area contributed by atoms with E-state index in [1.807, 2.05) is 12.1 Å². The van der Waals surface area contributed by atoms with Crippen molar-refractivity contribution in [2.75, 3.05) is 57.4 Å². The van der Waals surface area contributed by atoms with Gasteiger partial charge in [-0.15, -0.1) is 0 Å². The number of carbonyl (C=O) groups is 1. The number of rotatable bonds is 11. The first-order valence-corrected chi connectivity index (χ1v) is 14.2. The van der Waals surface area contributed by atoms with Gasteiger partial charge in [-0.25, -0.2) is 0 Å². The van der Waals surface area contributed by atoms with Crippen molar-refractivity contribution in [1.82, 2.24) is 4.90 Å². The molecule has 0 amide bonds. The molecule has 0 unspecified atom stereocenters. The second-order valence-electron chi connectivity index (χ2n) is 10.5. The minimum absolute atomic E-state index is 0.291. The van der Waals surface area contributed by atoms with Crippen LogP contribution in [-0.2, 0) is 22.4 Å². The Morgan fingerprint density at radius 3 is 2.24 bits per heavy atom. The number of carbonyl (C=O) groups excluding carboxylic acids is 1. The largest absolute Gasteiger partial charge is 0.492 e. The van der Waals surface area contributed by atoms with Crippen molar-refractivity contribution < 1.29 is 14.3 Å². The number of benzene rings is 3. The van der Waals surface area contributed by atoms with Crippen LogP contribution >= 0.6 is 0 Å². The first-order valence-electron chi connectivity index (χ1n) is 14.2. The van der Waals surface area contributed by atoms with Gasteiger partial charge in [0.25, 0.3) is 0 Å². The van der Waals surface area contributed by atoms with Crippen molar-refractivity contribution in [3.63, 3.8) is 0 Å². The third-order valence-electron chi connectivity index (χ3n) is 7.65. The zero-order valence-corrected chi connectivity index (χ0v) is 22.4. The molecule has 38 heavy (non-hydrogen) atoms. The van der Waals surface area contributed by atoms with Crippen molar-refractivity contribution in [3.8, 4) is 16.9 Å². The molecule has 2 saturated heterocycles. The van der Waals surface area contributed by atoms with Crippen LogP contribution in [0.4, 0.5) is 5.69 Å². The molecular formula is C33H40N2O3. The lowest BCUT2D eigenvalue weighted by Gasteiger charge is -2.29. The Balaban J connectivity index is 1.07. The van der Waals surface area contributed by atoms with Crippen molar-refractivity contribution in [2.45, 2.75) is 38.5 Å². The maximum absolute atomic E-state index is 12.7. The van der Waals surface area contributed by atoms with E-state index in [1.165, 1.54) is 30.5 Å². The molecule has 2 heterocycles. The summed E-state index contributed by atoms with van der Waals surface area (Å²) in [5.41, 5.74) is 5.93. The van der Waals surface area contributed by atoms with E-state index in [9.17, 15) is 4.79 Å². The summed E-state index contributed by atoms with van der Waals surface area (Å²) in [7, 11) is 0. The van der Waals surface area contributed by atoms with E-state index in [2.05, 4.69) is 70.5 Å². The Bertz CT molecular complexity index is 1150. The molecule has 2 aliphatic heterocycles. The van der Waals surface area contributed by atoms with Crippen molar-refractivity contribution in [3.05, 3.63) is 83.9 Å². The van der Waals surface area contributed by atoms with Crippen LogP contribution in [0.2, 0.25) is 0 Å². The van der Waals surface area contributed by atoms with E-state index in [4.69, 9.17) is 9.47 Å². The summed E-state index contributed by atoms with van der Waals surface area (Å²) >= 11 is 0. The molecule has 2 fully saturated rings. The average Bonchev–Trinajstić information content (AvgIpc) is 2.98. The molecule has 0 aromatic heterocycles. The molecule has 0 atom stereocenters. The predicted octanol–water partition coefficient (Wildman–Crippen LogP) is 5.80. The zero-order valence-electron chi connectivity index (χ0n) is 22.4. The average molecular weight is 513 g/mol. The molecule has 5 nitrogen and oxygen atoms in total.